The number of allylic oxidation sites excluding steroid dienone is 8. The second kappa shape index (κ2) is 8.44. The van der Waals surface area contributed by atoms with E-state index in [9.17, 15) is 0 Å². The maximum absolute atomic E-state index is 4.83. The molecule has 0 nitrogen and oxygen atoms in total. The van der Waals surface area contributed by atoms with Gasteiger partial charge in [0.1, 0.15) is 0 Å². The fourth-order valence-electron chi connectivity index (χ4n) is 8.78. The lowest BCUT2D eigenvalue weighted by Gasteiger charge is -2.66. The van der Waals surface area contributed by atoms with Crippen LogP contribution in [0.4, 0.5) is 0 Å². The van der Waals surface area contributed by atoms with Crippen molar-refractivity contribution in [3.05, 3.63) is 123 Å². The van der Waals surface area contributed by atoms with Crippen LogP contribution in [0.25, 0.3) is 17.2 Å². The Morgan fingerprint density at radius 3 is 2.26 bits per heavy atom. The highest BCUT2D eigenvalue weighted by atomic mass is 14.7. The monoisotopic (exact) mass is 500 g/mol. The van der Waals surface area contributed by atoms with Crippen molar-refractivity contribution in [1.82, 2.24) is 0 Å². The fraction of sp³-hybridized carbons (Fsp3) is 0.368. The third-order valence-corrected chi connectivity index (χ3v) is 11.1. The van der Waals surface area contributed by atoms with Gasteiger partial charge in [0.2, 0.25) is 0 Å². The van der Waals surface area contributed by atoms with Gasteiger partial charge in [0.15, 0.2) is 0 Å². The Morgan fingerprint density at radius 1 is 0.974 bits per heavy atom. The normalized spacial score (nSPS) is 31.8. The molecule has 0 heteroatoms. The Hall–Kier alpha value is -3.12. The van der Waals surface area contributed by atoms with Crippen molar-refractivity contribution >= 4 is 17.2 Å². The van der Waals surface area contributed by atoms with E-state index in [1.54, 1.807) is 0 Å². The van der Waals surface area contributed by atoms with E-state index in [1.165, 1.54) is 66.8 Å². The first-order valence-corrected chi connectivity index (χ1v) is 14.1. The molecule has 0 spiro atoms. The minimum absolute atomic E-state index is 0.0112. The molecule has 4 atom stereocenters. The summed E-state index contributed by atoms with van der Waals surface area (Å²) in [6.07, 6.45) is 3.50. The molecule has 0 aromatic heterocycles. The molecular formula is C38H44. The molecule has 0 heterocycles. The van der Waals surface area contributed by atoms with Gasteiger partial charge < -0.3 is 0 Å². The molecule has 0 N–H and O–H groups in total. The van der Waals surface area contributed by atoms with Crippen molar-refractivity contribution in [3.63, 3.8) is 0 Å². The molecular weight excluding hydrogens is 456 g/mol. The van der Waals surface area contributed by atoms with Gasteiger partial charge in [-0.15, -0.1) is 0 Å². The fourth-order valence-corrected chi connectivity index (χ4v) is 8.78. The maximum atomic E-state index is 4.83. The second-order valence-electron chi connectivity index (χ2n) is 13.0. The number of benzene rings is 2. The molecule has 2 aromatic carbocycles. The van der Waals surface area contributed by atoms with Crippen molar-refractivity contribution < 1.29 is 0 Å². The van der Waals surface area contributed by atoms with Crippen LogP contribution >= 0.6 is 0 Å². The lowest BCUT2D eigenvalue weighted by molar-refractivity contribution is 0.00638. The van der Waals surface area contributed by atoms with Crippen LogP contribution in [-0.2, 0) is 0 Å². The first-order chi connectivity index (χ1) is 17.7. The smallest absolute Gasteiger partial charge is 0.0218 e. The summed E-state index contributed by atoms with van der Waals surface area (Å²) in [5.74, 6) is 0.346. The van der Waals surface area contributed by atoms with E-state index in [2.05, 4.69) is 117 Å². The van der Waals surface area contributed by atoms with Crippen molar-refractivity contribution in [3.8, 4) is 0 Å². The third kappa shape index (κ3) is 3.16. The van der Waals surface area contributed by atoms with E-state index in [-0.39, 0.29) is 16.2 Å². The lowest BCUT2D eigenvalue weighted by atomic mass is 9.37. The first-order valence-electron chi connectivity index (χ1n) is 14.1. The summed E-state index contributed by atoms with van der Waals surface area (Å²) in [5, 5.41) is 0. The average molecular weight is 501 g/mol. The summed E-state index contributed by atoms with van der Waals surface area (Å²) in [6, 6.07) is 15.7. The molecule has 0 radical (unpaired) electrons. The zero-order valence-corrected chi connectivity index (χ0v) is 25.0. The van der Waals surface area contributed by atoms with Gasteiger partial charge in [-0.2, -0.15) is 0 Å². The molecule has 38 heavy (non-hydrogen) atoms. The molecule has 0 unspecified atom stereocenters. The SMILES string of the molecule is C=C(C)C1=C(C)C[C@@]2(C)[C@H](C)[C@]3(C)C(=C(C)[C@@]2(C)C1=C)C(=C)c1c(C)cccc1/C3=C\c1cccc(C)c1. The summed E-state index contributed by atoms with van der Waals surface area (Å²) in [5.41, 5.74) is 16.6. The summed E-state index contributed by atoms with van der Waals surface area (Å²) in [7, 11) is 0. The van der Waals surface area contributed by atoms with Crippen LogP contribution in [0.5, 0.6) is 0 Å². The zero-order chi connectivity index (χ0) is 27.9. The van der Waals surface area contributed by atoms with Crippen LogP contribution in [-0.4, -0.2) is 0 Å². The lowest BCUT2D eigenvalue weighted by Crippen LogP contribution is -2.57. The Balaban J connectivity index is 1.92. The van der Waals surface area contributed by atoms with E-state index in [0.717, 1.165) is 12.0 Å². The average Bonchev–Trinajstić information content (AvgIpc) is 2.83. The van der Waals surface area contributed by atoms with Crippen molar-refractivity contribution in [2.45, 2.75) is 68.7 Å². The van der Waals surface area contributed by atoms with E-state index in [0.29, 0.717) is 5.92 Å². The highest BCUT2D eigenvalue weighted by Gasteiger charge is 2.64. The molecule has 0 bridgehead atoms. The van der Waals surface area contributed by atoms with Crippen LogP contribution < -0.4 is 0 Å². The standard InChI is InChI=1S/C38H44/c1-22(2)33-25(5)21-36(10)29(9)37(11)32(20-30-17-13-15-23(3)19-30)31-18-14-16-24(4)34(31)26(6)35(37)28(8)38(36,12)27(33)7/h13-20,29H,1,6-7,21H2,2-5,8-12H3/b32-20+/t29-,36-,37-,38+/m0/s1. The minimum Gasteiger partial charge on any atom is -0.0955 e. The maximum Gasteiger partial charge on any atom is 0.0218 e. The van der Waals surface area contributed by atoms with Gasteiger partial charge in [0, 0.05) is 10.8 Å². The number of rotatable bonds is 2. The van der Waals surface area contributed by atoms with E-state index < -0.39 is 0 Å². The van der Waals surface area contributed by atoms with Crippen LogP contribution in [0.15, 0.2) is 95.6 Å². The molecule has 0 saturated heterocycles. The number of hydrogen-bond acceptors (Lipinski definition) is 0. The van der Waals surface area contributed by atoms with E-state index >= 15 is 0 Å². The third-order valence-electron chi connectivity index (χ3n) is 11.1. The quantitative estimate of drug-likeness (QED) is 0.385. The van der Waals surface area contributed by atoms with Gasteiger partial charge in [-0.3, -0.25) is 0 Å². The molecule has 0 amide bonds. The van der Waals surface area contributed by atoms with Gasteiger partial charge in [-0.25, -0.2) is 0 Å². The highest BCUT2D eigenvalue weighted by Crippen LogP contribution is 2.74. The predicted molar refractivity (Wildman–Crippen MR) is 167 cm³/mol. The molecule has 2 aromatic rings. The summed E-state index contributed by atoms with van der Waals surface area (Å²) in [4.78, 5) is 0. The van der Waals surface area contributed by atoms with Gasteiger partial charge in [0.25, 0.3) is 0 Å². The molecule has 5 rings (SSSR count). The molecule has 0 fully saturated rings. The molecule has 196 valence electrons. The number of aryl methyl sites for hydroxylation is 2. The summed E-state index contributed by atoms with van der Waals surface area (Å²) >= 11 is 0. The molecule has 0 aliphatic heterocycles. The van der Waals surface area contributed by atoms with Crippen LogP contribution in [0, 0.1) is 36.0 Å². The van der Waals surface area contributed by atoms with Gasteiger partial charge in [0.05, 0.1) is 0 Å². The highest BCUT2D eigenvalue weighted by molar-refractivity contribution is 6.02. The van der Waals surface area contributed by atoms with Crippen molar-refractivity contribution in [2.24, 2.45) is 22.2 Å². The topological polar surface area (TPSA) is 0 Å². The van der Waals surface area contributed by atoms with Crippen LogP contribution in [0.1, 0.15) is 82.7 Å². The Morgan fingerprint density at radius 2 is 1.63 bits per heavy atom. The zero-order valence-electron chi connectivity index (χ0n) is 25.0. The Kier molecular flexibility index (Phi) is 5.88. The van der Waals surface area contributed by atoms with E-state index in [4.69, 9.17) is 13.2 Å². The predicted octanol–water partition coefficient (Wildman–Crippen LogP) is 10.7. The minimum atomic E-state index is -0.193. The van der Waals surface area contributed by atoms with Gasteiger partial charge in [-0.05, 0) is 102 Å². The van der Waals surface area contributed by atoms with Crippen LogP contribution in [0.3, 0.4) is 0 Å². The van der Waals surface area contributed by atoms with Crippen molar-refractivity contribution in [1.29, 1.82) is 0 Å². The largest absolute Gasteiger partial charge is 0.0955 e. The summed E-state index contributed by atoms with van der Waals surface area (Å²) in [6.45, 7) is 35.2. The second-order valence-corrected chi connectivity index (χ2v) is 13.0. The summed E-state index contributed by atoms with van der Waals surface area (Å²) < 4.78 is 0. The molecule has 3 aliphatic carbocycles. The first kappa shape index (κ1) is 26.5. The van der Waals surface area contributed by atoms with E-state index in [1.807, 2.05) is 0 Å². The van der Waals surface area contributed by atoms with Gasteiger partial charge in [-0.1, -0.05) is 118 Å². The molecule has 0 saturated carbocycles. The molecule has 3 aliphatic rings. The number of fused-ring (bicyclic) bond motifs is 3. The Bertz CT molecular complexity index is 1530. The Labute approximate surface area is 231 Å². The van der Waals surface area contributed by atoms with Crippen LogP contribution in [0.2, 0.25) is 0 Å². The number of hydrogen-bond donors (Lipinski definition) is 0. The van der Waals surface area contributed by atoms with Crippen molar-refractivity contribution in [2.75, 3.05) is 0 Å². The van der Waals surface area contributed by atoms with Gasteiger partial charge >= 0.3 is 0 Å².